The first-order chi connectivity index (χ1) is 12.4. The van der Waals surface area contributed by atoms with Crippen LogP contribution in [-0.4, -0.2) is 48.4 Å². The number of aromatic nitrogens is 2. The third-order valence-corrected chi connectivity index (χ3v) is 6.16. The number of imidazole rings is 1. The Morgan fingerprint density at radius 1 is 1.35 bits per heavy atom. The molecular formula is C17H22N4O4S. The number of sulfonamides is 1. The smallest absolute Gasteiger partial charge is 0.262 e. The third kappa shape index (κ3) is 3.73. The number of benzene rings is 1. The summed E-state index contributed by atoms with van der Waals surface area (Å²) in [5, 5.41) is 2.85. The van der Waals surface area contributed by atoms with E-state index in [0.717, 1.165) is 0 Å². The van der Waals surface area contributed by atoms with Gasteiger partial charge >= 0.3 is 0 Å². The lowest BCUT2D eigenvalue weighted by Gasteiger charge is -2.30. The molecule has 0 saturated carbocycles. The molecule has 0 unspecified atom stereocenters. The molecule has 140 valence electrons. The van der Waals surface area contributed by atoms with Crippen LogP contribution in [0.4, 0.5) is 5.69 Å². The van der Waals surface area contributed by atoms with E-state index in [-0.39, 0.29) is 17.5 Å². The van der Waals surface area contributed by atoms with E-state index in [1.54, 1.807) is 29.8 Å². The number of rotatable bonds is 5. The molecular weight excluding hydrogens is 356 g/mol. The summed E-state index contributed by atoms with van der Waals surface area (Å²) in [6, 6.07) is 7.13. The molecule has 0 spiro atoms. The van der Waals surface area contributed by atoms with Gasteiger partial charge in [0.05, 0.1) is 25.0 Å². The predicted octanol–water partition coefficient (Wildman–Crippen LogP) is 1.47. The van der Waals surface area contributed by atoms with Crippen LogP contribution in [0.1, 0.15) is 12.8 Å². The fourth-order valence-electron chi connectivity index (χ4n) is 3.01. The standard InChI is InChI=1S/C17H22N4O4S/c1-20-11-16(18-12-20)26(23,24)21-9-5-6-13(10-21)17(22)19-14-7-3-4-8-15(14)25-2/h3-4,7-8,11-13H,5-6,9-10H2,1-2H3,(H,19,22)/t13-/m1/s1. The number of anilines is 1. The molecule has 8 nitrogen and oxygen atoms in total. The molecule has 0 radical (unpaired) electrons. The molecule has 2 aromatic rings. The number of piperidine rings is 1. The monoisotopic (exact) mass is 378 g/mol. The van der Waals surface area contributed by atoms with Gasteiger partial charge in [0.1, 0.15) is 5.75 Å². The van der Waals surface area contributed by atoms with Gasteiger partial charge in [0.15, 0.2) is 5.03 Å². The van der Waals surface area contributed by atoms with Gasteiger partial charge < -0.3 is 14.6 Å². The van der Waals surface area contributed by atoms with E-state index in [1.165, 1.54) is 23.9 Å². The lowest BCUT2D eigenvalue weighted by molar-refractivity contribution is -0.120. The number of ether oxygens (including phenoxy) is 1. The molecule has 26 heavy (non-hydrogen) atoms. The maximum absolute atomic E-state index is 12.7. The number of carbonyl (C=O) groups is 1. The lowest BCUT2D eigenvalue weighted by atomic mass is 9.98. The summed E-state index contributed by atoms with van der Waals surface area (Å²) in [6.45, 7) is 0.525. The van der Waals surface area contributed by atoms with Gasteiger partial charge in [0.2, 0.25) is 5.91 Å². The van der Waals surface area contributed by atoms with Crippen LogP contribution < -0.4 is 10.1 Å². The molecule has 0 bridgehead atoms. The number of amides is 1. The molecule has 9 heteroatoms. The highest BCUT2D eigenvalue weighted by Crippen LogP contribution is 2.27. The zero-order chi connectivity index (χ0) is 18.7. The number of para-hydroxylation sites is 2. The molecule has 3 rings (SSSR count). The molecule has 1 atom stereocenters. The molecule has 1 aromatic carbocycles. The van der Waals surface area contributed by atoms with Crippen LogP contribution in [0.25, 0.3) is 0 Å². The van der Waals surface area contributed by atoms with Crippen LogP contribution in [-0.2, 0) is 21.9 Å². The molecule has 1 saturated heterocycles. The van der Waals surface area contributed by atoms with E-state index >= 15 is 0 Å². The summed E-state index contributed by atoms with van der Waals surface area (Å²) in [5.41, 5.74) is 0.574. The van der Waals surface area contributed by atoms with Crippen LogP contribution in [0.15, 0.2) is 41.8 Å². The van der Waals surface area contributed by atoms with Crippen molar-refractivity contribution < 1.29 is 17.9 Å². The topological polar surface area (TPSA) is 93.5 Å². The minimum absolute atomic E-state index is 0.00536. The first kappa shape index (κ1) is 18.4. The van der Waals surface area contributed by atoms with E-state index in [9.17, 15) is 13.2 Å². The minimum Gasteiger partial charge on any atom is -0.495 e. The SMILES string of the molecule is COc1ccccc1NC(=O)[C@@H]1CCCN(S(=O)(=O)c2cn(C)cn2)C1. The fourth-order valence-corrected chi connectivity index (χ4v) is 4.50. The Hall–Kier alpha value is -2.39. The maximum atomic E-state index is 12.7. The number of methoxy groups -OCH3 is 1. The van der Waals surface area contributed by atoms with Crippen molar-refractivity contribution in [1.29, 1.82) is 0 Å². The predicted molar refractivity (Wildman–Crippen MR) is 96.3 cm³/mol. The molecule has 1 aromatic heterocycles. The lowest BCUT2D eigenvalue weighted by Crippen LogP contribution is -2.43. The average Bonchev–Trinajstić information content (AvgIpc) is 3.09. The van der Waals surface area contributed by atoms with Crippen LogP contribution in [0.3, 0.4) is 0 Å². The van der Waals surface area contributed by atoms with Crippen LogP contribution in [0.2, 0.25) is 0 Å². The largest absolute Gasteiger partial charge is 0.495 e. The summed E-state index contributed by atoms with van der Waals surface area (Å²) in [6.07, 6.45) is 4.17. The molecule has 1 amide bonds. The quantitative estimate of drug-likeness (QED) is 0.850. The van der Waals surface area contributed by atoms with Gasteiger partial charge in [0.25, 0.3) is 10.0 Å². The third-order valence-electron chi connectivity index (χ3n) is 4.41. The highest BCUT2D eigenvalue weighted by Gasteiger charge is 2.34. The van der Waals surface area contributed by atoms with Crippen molar-refractivity contribution in [2.45, 2.75) is 17.9 Å². The van der Waals surface area contributed by atoms with Gasteiger partial charge in [-0.1, -0.05) is 12.1 Å². The van der Waals surface area contributed by atoms with E-state index in [0.29, 0.717) is 30.8 Å². The summed E-state index contributed by atoms with van der Waals surface area (Å²) >= 11 is 0. The van der Waals surface area contributed by atoms with Gasteiger partial charge in [0, 0.05) is 26.3 Å². The Labute approximate surface area is 152 Å². The second kappa shape index (κ2) is 7.46. The number of aryl methyl sites for hydroxylation is 1. The summed E-state index contributed by atoms with van der Waals surface area (Å²) < 4.78 is 33.6. The van der Waals surface area contributed by atoms with Gasteiger partial charge in [-0.3, -0.25) is 4.79 Å². The Morgan fingerprint density at radius 2 is 2.12 bits per heavy atom. The van der Waals surface area contributed by atoms with E-state index in [4.69, 9.17) is 4.74 Å². The van der Waals surface area contributed by atoms with Crippen molar-refractivity contribution in [3.8, 4) is 5.75 Å². The number of carbonyl (C=O) groups excluding carboxylic acids is 1. The highest BCUT2D eigenvalue weighted by molar-refractivity contribution is 7.89. The summed E-state index contributed by atoms with van der Waals surface area (Å²) in [5.74, 6) is -0.0720. The van der Waals surface area contributed by atoms with Gasteiger partial charge in [-0.15, -0.1) is 0 Å². The van der Waals surface area contributed by atoms with Crippen molar-refractivity contribution in [3.05, 3.63) is 36.8 Å². The van der Waals surface area contributed by atoms with Gasteiger partial charge in [-0.25, -0.2) is 13.4 Å². The number of nitrogens with one attached hydrogen (secondary N) is 1. The number of hydrogen-bond acceptors (Lipinski definition) is 5. The summed E-state index contributed by atoms with van der Waals surface area (Å²) in [7, 11) is -0.448. The fraction of sp³-hybridized carbons (Fsp3) is 0.412. The van der Waals surface area contributed by atoms with Crippen molar-refractivity contribution in [2.75, 3.05) is 25.5 Å². The Kier molecular flexibility index (Phi) is 5.28. The normalized spacial score (nSPS) is 18.5. The Balaban J connectivity index is 1.73. The molecule has 1 aliphatic heterocycles. The number of nitrogens with zero attached hydrogens (tertiary/aromatic N) is 3. The second-order valence-corrected chi connectivity index (χ2v) is 8.15. The van der Waals surface area contributed by atoms with Crippen molar-refractivity contribution in [3.63, 3.8) is 0 Å². The van der Waals surface area contributed by atoms with E-state index in [2.05, 4.69) is 10.3 Å². The van der Waals surface area contributed by atoms with E-state index < -0.39 is 15.9 Å². The van der Waals surface area contributed by atoms with Crippen LogP contribution in [0, 0.1) is 5.92 Å². The van der Waals surface area contributed by atoms with Crippen molar-refractivity contribution in [2.24, 2.45) is 13.0 Å². The zero-order valence-corrected chi connectivity index (χ0v) is 15.6. The molecule has 1 N–H and O–H groups in total. The molecule has 1 fully saturated rings. The maximum Gasteiger partial charge on any atom is 0.262 e. The molecule has 0 aliphatic carbocycles. The Bertz CT molecular complexity index is 894. The van der Waals surface area contributed by atoms with Crippen molar-refractivity contribution in [1.82, 2.24) is 13.9 Å². The zero-order valence-electron chi connectivity index (χ0n) is 14.8. The highest BCUT2D eigenvalue weighted by atomic mass is 32.2. The van der Waals surface area contributed by atoms with Crippen LogP contribution in [0.5, 0.6) is 5.75 Å². The van der Waals surface area contributed by atoms with Gasteiger partial charge in [-0.2, -0.15) is 4.31 Å². The average molecular weight is 378 g/mol. The number of hydrogen-bond donors (Lipinski definition) is 1. The first-order valence-corrected chi connectivity index (χ1v) is 9.78. The molecule has 2 heterocycles. The van der Waals surface area contributed by atoms with Crippen LogP contribution >= 0.6 is 0 Å². The Morgan fingerprint density at radius 3 is 2.81 bits per heavy atom. The minimum atomic E-state index is -3.70. The van der Waals surface area contributed by atoms with Gasteiger partial charge in [-0.05, 0) is 25.0 Å². The van der Waals surface area contributed by atoms with Crippen molar-refractivity contribution >= 4 is 21.6 Å². The second-order valence-electron chi connectivity index (χ2n) is 6.27. The summed E-state index contributed by atoms with van der Waals surface area (Å²) in [4.78, 5) is 16.6. The first-order valence-electron chi connectivity index (χ1n) is 8.34. The van der Waals surface area contributed by atoms with E-state index in [1.807, 2.05) is 6.07 Å². The molecule has 1 aliphatic rings.